The summed E-state index contributed by atoms with van der Waals surface area (Å²) in [5.74, 6) is -0.167. The number of carbonyl (C=O) groups excluding carboxylic acids is 1. The van der Waals surface area contributed by atoms with Crippen molar-refractivity contribution in [1.82, 2.24) is 25.4 Å². The summed E-state index contributed by atoms with van der Waals surface area (Å²) in [7, 11) is 1.61. The average molecular weight is 399 g/mol. The van der Waals surface area contributed by atoms with Gasteiger partial charge in [-0.05, 0) is 18.1 Å². The molecule has 2 heterocycles. The molecule has 154 valence electrons. The van der Waals surface area contributed by atoms with E-state index in [2.05, 4.69) is 20.7 Å². The highest BCUT2D eigenvalue weighted by Gasteiger charge is 2.31. The van der Waals surface area contributed by atoms with Crippen molar-refractivity contribution < 1.29 is 22.7 Å². The van der Waals surface area contributed by atoms with Crippen LogP contribution in [0.3, 0.4) is 0 Å². The summed E-state index contributed by atoms with van der Waals surface area (Å²) in [4.78, 5) is 16.4. The number of ether oxygens (including phenoxy) is 1. The number of aromatic nitrogens is 3. The van der Waals surface area contributed by atoms with Crippen molar-refractivity contribution in [3.8, 4) is 5.82 Å². The van der Waals surface area contributed by atoms with Gasteiger partial charge >= 0.3 is 6.18 Å². The fraction of sp³-hybridized carbons (Fsp3) is 0.500. The molecule has 0 bridgehead atoms. The molecule has 28 heavy (non-hydrogen) atoms. The fourth-order valence-electron chi connectivity index (χ4n) is 2.61. The van der Waals surface area contributed by atoms with Crippen molar-refractivity contribution in [2.75, 3.05) is 33.4 Å². The van der Waals surface area contributed by atoms with Crippen LogP contribution in [0.5, 0.6) is 0 Å². The molecule has 10 heteroatoms. The molecule has 2 rings (SSSR count). The zero-order valence-electron chi connectivity index (χ0n) is 16.0. The van der Waals surface area contributed by atoms with Crippen molar-refractivity contribution in [3.63, 3.8) is 0 Å². The molecule has 0 spiro atoms. The normalized spacial score (nSPS) is 11.8. The number of alkyl halides is 3. The van der Waals surface area contributed by atoms with Crippen molar-refractivity contribution >= 4 is 5.91 Å². The minimum atomic E-state index is -4.46. The number of pyridine rings is 1. The average Bonchev–Trinajstić information content (AvgIpc) is 3.09. The lowest BCUT2D eigenvalue weighted by Gasteiger charge is -2.13. The van der Waals surface area contributed by atoms with Crippen molar-refractivity contribution in [1.29, 1.82) is 0 Å². The maximum absolute atomic E-state index is 12.7. The second kappa shape index (κ2) is 9.65. The minimum absolute atomic E-state index is 0.0906. The van der Waals surface area contributed by atoms with Crippen LogP contribution in [-0.4, -0.2) is 54.0 Å². The maximum atomic E-state index is 12.7. The summed E-state index contributed by atoms with van der Waals surface area (Å²) in [6, 6.07) is 2.18. The van der Waals surface area contributed by atoms with Crippen LogP contribution in [0.25, 0.3) is 5.82 Å². The fourth-order valence-corrected chi connectivity index (χ4v) is 2.61. The highest BCUT2D eigenvalue weighted by Crippen LogP contribution is 2.29. The Kier molecular flexibility index (Phi) is 7.53. The van der Waals surface area contributed by atoms with E-state index in [-0.39, 0.29) is 17.6 Å². The first kappa shape index (κ1) is 21.8. The Morgan fingerprint density at radius 2 is 1.96 bits per heavy atom. The molecule has 7 nitrogen and oxygen atoms in total. The Bertz CT molecular complexity index is 773. The van der Waals surface area contributed by atoms with E-state index < -0.39 is 11.7 Å². The van der Waals surface area contributed by atoms with Gasteiger partial charge in [0.25, 0.3) is 5.91 Å². The number of hydrogen-bond donors (Lipinski definition) is 2. The molecule has 0 aliphatic heterocycles. The molecule has 0 unspecified atom stereocenters. The van der Waals surface area contributed by atoms with Crippen molar-refractivity contribution in [3.05, 3.63) is 41.3 Å². The zero-order valence-corrected chi connectivity index (χ0v) is 16.0. The number of amides is 1. The third kappa shape index (κ3) is 5.52. The Morgan fingerprint density at radius 3 is 2.54 bits per heavy atom. The molecule has 0 atom stereocenters. The SMILES string of the molecule is COCCNCCNC(=O)c1cnn(-c2ccc(C(F)(F)F)cn2)c1C(C)C. The Balaban J connectivity index is 2.14. The van der Waals surface area contributed by atoms with Gasteiger partial charge in [-0.2, -0.15) is 18.3 Å². The molecule has 0 saturated carbocycles. The Morgan fingerprint density at radius 1 is 1.21 bits per heavy atom. The molecule has 0 aromatic carbocycles. The quantitative estimate of drug-likeness (QED) is 0.633. The van der Waals surface area contributed by atoms with Crippen LogP contribution in [0.15, 0.2) is 24.5 Å². The molecule has 2 aromatic rings. The minimum Gasteiger partial charge on any atom is -0.383 e. The molecule has 0 aliphatic carbocycles. The van der Waals surface area contributed by atoms with Crippen LogP contribution in [0.1, 0.15) is 41.4 Å². The second-order valence-electron chi connectivity index (χ2n) is 6.41. The van der Waals surface area contributed by atoms with Crippen LogP contribution >= 0.6 is 0 Å². The molecule has 0 aliphatic rings. The molecular formula is C18H24F3N5O2. The van der Waals surface area contributed by atoms with Gasteiger partial charge in [-0.1, -0.05) is 13.8 Å². The van der Waals surface area contributed by atoms with Gasteiger partial charge < -0.3 is 15.4 Å². The largest absolute Gasteiger partial charge is 0.417 e. The van der Waals surface area contributed by atoms with Crippen molar-refractivity contribution in [2.45, 2.75) is 25.9 Å². The molecule has 2 N–H and O–H groups in total. The van der Waals surface area contributed by atoms with Gasteiger partial charge in [0, 0.05) is 32.9 Å². The van der Waals surface area contributed by atoms with Crippen LogP contribution in [0.4, 0.5) is 13.2 Å². The topological polar surface area (TPSA) is 81.1 Å². The van der Waals surface area contributed by atoms with Crippen LogP contribution in [0, 0.1) is 0 Å². The number of nitrogens with zero attached hydrogens (tertiary/aromatic N) is 3. The third-order valence-electron chi connectivity index (χ3n) is 3.96. The number of nitrogens with one attached hydrogen (secondary N) is 2. The summed E-state index contributed by atoms with van der Waals surface area (Å²) in [5, 5.41) is 10.1. The molecule has 0 fully saturated rings. The van der Waals surface area contributed by atoms with E-state index in [9.17, 15) is 18.0 Å². The maximum Gasteiger partial charge on any atom is 0.417 e. The molecular weight excluding hydrogens is 375 g/mol. The number of halogens is 3. The van der Waals surface area contributed by atoms with Crippen LogP contribution < -0.4 is 10.6 Å². The number of rotatable bonds is 9. The van der Waals surface area contributed by atoms with E-state index in [1.807, 2.05) is 13.8 Å². The van der Waals surface area contributed by atoms with E-state index in [1.165, 1.54) is 16.9 Å². The standard InChI is InChI=1S/C18H24F3N5O2/c1-12(2)16-14(17(27)23-7-6-22-8-9-28-3)11-25-26(16)15-5-4-13(10-24-15)18(19,20)21/h4-5,10-12,22H,6-9H2,1-3H3,(H,23,27). The predicted octanol–water partition coefficient (Wildman–Crippen LogP) is 2.38. The molecule has 1 amide bonds. The zero-order chi connectivity index (χ0) is 20.7. The van der Waals surface area contributed by atoms with Gasteiger partial charge in [-0.3, -0.25) is 4.79 Å². The van der Waals surface area contributed by atoms with E-state index in [0.717, 1.165) is 12.3 Å². The lowest BCUT2D eigenvalue weighted by atomic mass is 10.1. The van der Waals surface area contributed by atoms with E-state index >= 15 is 0 Å². The molecule has 0 saturated heterocycles. The lowest BCUT2D eigenvalue weighted by Crippen LogP contribution is -2.33. The van der Waals surface area contributed by atoms with E-state index in [1.54, 1.807) is 7.11 Å². The first-order valence-electron chi connectivity index (χ1n) is 8.85. The summed E-state index contributed by atoms with van der Waals surface area (Å²) < 4.78 is 44.5. The first-order chi connectivity index (χ1) is 13.3. The second-order valence-corrected chi connectivity index (χ2v) is 6.41. The highest BCUT2D eigenvalue weighted by atomic mass is 19.4. The number of hydrogen-bond acceptors (Lipinski definition) is 5. The van der Waals surface area contributed by atoms with Gasteiger partial charge in [0.15, 0.2) is 5.82 Å². The van der Waals surface area contributed by atoms with Gasteiger partial charge in [0.1, 0.15) is 0 Å². The van der Waals surface area contributed by atoms with E-state index in [0.29, 0.717) is 37.5 Å². The lowest BCUT2D eigenvalue weighted by molar-refractivity contribution is -0.137. The smallest absolute Gasteiger partial charge is 0.383 e. The highest BCUT2D eigenvalue weighted by molar-refractivity contribution is 5.95. The molecule has 2 aromatic heterocycles. The molecule has 0 radical (unpaired) electrons. The number of methoxy groups -OCH3 is 1. The Hall–Kier alpha value is -2.46. The summed E-state index contributed by atoms with van der Waals surface area (Å²) >= 11 is 0. The Labute approximate surface area is 161 Å². The monoisotopic (exact) mass is 399 g/mol. The van der Waals surface area contributed by atoms with E-state index in [4.69, 9.17) is 4.74 Å². The third-order valence-corrected chi connectivity index (χ3v) is 3.96. The van der Waals surface area contributed by atoms with Gasteiger partial charge in [0.2, 0.25) is 0 Å². The van der Waals surface area contributed by atoms with Gasteiger partial charge in [0.05, 0.1) is 29.6 Å². The van der Waals surface area contributed by atoms with Crippen LogP contribution in [0.2, 0.25) is 0 Å². The van der Waals surface area contributed by atoms with Crippen LogP contribution in [-0.2, 0) is 10.9 Å². The van der Waals surface area contributed by atoms with Crippen molar-refractivity contribution in [2.24, 2.45) is 0 Å². The summed E-state index contributed by atoms with van der Waals surface area (Å²) in [5.41, 5.74) is 0.110. The predicted molar refractivity (Wildman–Crippen MR) is 97.5 cm³/mol. The summed E-state index contributed by atoms with van der Waals surface area (Å²) in [6.07, 6.45) is -2.30. The van der Waals surface area contributed by atoms with Gasteiger partial charge in [-0.15, -0.1) is 0 Å². The summed E-state index contributed by atoms with van der Waals surface area (Å²) in [6.45, 7) is 6.02. The first-order valence-corrected chi connectivity index (χ1v) is 8.85. The van der Waals surface area contributed by atoms with Gasteiger partial charge in [-0.25, -0.2) is 9.67 Å². The number of carbonyl (C=O) groups is 1.